The Balaban J connectivity index is 0.000000415. The van der Waals surface area contributed by atoms with Gasteiger partial charge in [0, 0.05) is 0 Å². The van der Waals surface area contributed by atoms with E-state index in [-0.39, 0.29) is 30.2 Å². The summed E-state index contributed by atoms with van der Waals surface area (Å²) >= 11 is 1.74. The van der Waals surface area contributed by atoms with Gasteiger partial charge in [0.1, 0.15) is 0 Å². The maximum absolute atomic E-state index is 3.35. The smallest absolute Gasteiger partial charge is 1.00 e. The summed E-state index contributed by atoms with van der Waals surface area (Å²) in [6.45, 7) is 9.02. The molecule has 28 heavy (non-hydrogen) atoms. The number of rotatable bonds is 2. The van der Waals surface area contributed by atoms with E-state index in [1.807, 2.05) is 0 Å². The van der Waals surface area contributed by atoms with E-state index in [1.165, 1.54) is 22.3 Å². The standard InChI is InChI=1S/2C11H11.C2H6Si.2ClH.Zr/c2*1-2-9-7-8-10-5-3-4-6-11(9)10;1-3-2;;;/h2*3-6,8-9H,2H2,1H3;1-2H3;2*1H;/q2*-1;;;;+2/p-2. The molecule has 0 N–H and O–H groups in total. The monoisotopic (exact) mass is 504 g/mol. The Morgan fingerprint density at radius 3 is 1.39 bits per heavy atom. The first-order valence-corrected chi connectivity index (χ1v) is 15.6. The molecule has 4 rings (SSSR count). The van der Waals surface area contributed by atoms with Crippen LogP contribution in [0.4, 0.5) is 0 Å². The normalized spacial score (nSPS) is 16.9. The minimum absolute atomic E-state index is 0. The molecule has 0 heterocycles. The molecule has 148 valence electrons. The zero-order chi connectivity index (χ0) is 18.9. The van der Waals surface area contributed by atoms with Gasteiger partial charge in [0.15, 0.2) is 0 Å². The zero-order valence-electron chi connectivity index (χ0n) is 17.1. The van der Waals surface area contributed by atoms with Crippen molar-refractivity contribution < 1.29 is 48.1 Å². The molecule has 2 aliphatic carbocycles. The van der Waals surface area contributed by atoms with Crippen molar-refractivity contribution in [3.8, 4) is 0 Å². The van der Waals surface area contributed by atoms with Crippen LogP contribution in [-0.4, -0.2) is 5.43 Å². The molecule has 0 aromatic heterocycles. The molecule has 0 amide bonds. The quantitative estimate of drug-likeness (QED) is 0.418. The molecule has 0 saturated carbocycles. The summed E-state index contributed by atoms with van der Waals surface area (Å²) in [6, 6.07) is 17.0. The van der Waals surface area contributed by atoms with Crippen LogP contribution in [-0.2, 0) is 23.3 Å². The number of fused-ring (bicyclic) bond motifs is 2. The molecule has 2 aromatic carbocycles. The van der Waals surface area contributed by atoms with Crippen molar-refractivity contribution in [2.24, 2.45) is 0 Å². The van der Waals surface area contributed by atoms with E-state index < -0.39 is 0 Å². The first-order chi connectivity index (χ1) is 12.6. The van der Waals surface area contributed by atoms with Gasteiger partial charge in [0.2, 0.25) is 0 Å². The van der Waals surface area contributed by atoms with E-state index in [2.05, 4.69) is 99.8 Å². The van der Waals surface area contributed by atoms with Crippen LogP contribution in [0.3, 0.4) is 0 Å². The Kier molecular flexibility index (Phi) is 14.4. The van der Waals surface area contributed by atoms with Crippen LogP contribution in [0.2, 0.25) is 13.1 Å². The SMILES string of the molecule is CCC1[C-]=Cc2ccccc21.CCC1[C-]=Cc2ccccc21.C[Si](C)=[Zr+2].[Cl-].[Cl-]. The zero-order valence-corrected chi connectivity index (χ0v) is 22.1. The number of benzene rings is 2. The van der Waals surface area contributed by atoms with Crippen molar-refractivity contribution in [3.63, 3.8) is 0 Å². The van der Waals surface area contributed by atoms with Crippen molar-refractivity contribution in [3.05, 3.63) is 82.9 Å². The summed E-state index contributed by atoms with van der Waals surface area (Å²) in [6.07, 6.45) is 13.2. The predicted octanol–water partition coefficient (Wildman–Crippen LogP) is 0.813. The Morgan fingerprint density at radius 2 is 1.07 bits per heavy atom. The Hall–Kier alpha value is -0.400. The summed E-state index contributed by atoms with van der Waals surface area (Å²) in [5, 5.41) is 0. The second-order valence-corrected chi connectivity index (χ2v) is 16.2. The maximum atomic E-state index is 3.35. The van der Waals surface area contributed by atoms with Crippen LogP contribution in [0.1, 0.15) is 60.8 Å². The van der Waals surface area contributed by atoms with E-state index in [9.17, 15) is 0 Å². The summed E-state index contributed by atoms with van der Waals surface area (Å²) < 4.78 is 0. The van der Waals surface area contributed by atoms with Crippen LogP contribution in [0.15, 0.2) is 48.5 Å². The molecule has 2 aliphatic rings. The van der Waals surface area contributed by atoms with Gasteiger partial charge in [-0.1, -0.05) is 74.9 Å². The van der Waals surface area contributed by atoms with Crippen LogP contribution >= 0.6 is 0 Å². The van der Waals surface area contributed by atoms with Crippen molar-refractivity contribution in [1.82, 2.24) is 0 Å². The Labute approximate surface area is 199 Å². The van der Waals surface area contributed by atoms with Gasteiger partial charge in [0.05, 0.1) is 0 Å². The first kappa shape index (κ1) is 27.6. The maximum Gasteiger partial charge on any atom is -1.00 e. The van der Waals surface area contributed by atoms with Gasteiger partial charge in [-0.15, -0.1) is 23.3 Å². The fourth-order valence-electron chi connectivity index (χ4n) is 3.16. The third-order valence-corrected chi connectivity index (χ3v) is 4.44. The number of halogens is 2. The molecular formula is C24H28Cl2SiZr-2. The average molecular weight is 507 g/mol. The second-order valence-electron chi connectivity index (χ2n) is 6.80. The fourth-order valence-corrected chi connectivity index (χ4v) is 3.16. The van der Waals surface area contributed by atoms with Gasteiger partial charge < -0.3 is 24.8 Å². The van der Waals surface area contributed by atoms with E-state index in [0.29, 0.717) is 11.8 Å². The topological polar surface area (TPSA) is 0 Å². The molecule has 0 nitrogen and oxygen atoms in total. The number of allylic oxidation sites excluding steroid dienone is 2. The fraction of sp³-hybridized carbons (Fsp3) is 0.333. The predicted molar refractivity (Wildman–Crippen MR) is 112 cm³/mol. The number of hydrogen-bond donors (Lipinski definition) is 0. The average Bonchev–Trinajstić information content (AvgIpc) is 3.25. The summed E-state index contributed by atoms with van der Waals surface area (Å²) in [5.41, 5.74) is 5.78. The van der Waals surface area contributed by atoms with Crippen molar-refractivity contribution in [2.45, 2.75) is 51.6 Å². The van der Waals surface area contributed by atoms with Crippen LogP contribution < -0.4 is 24.8 Å². The molecule has 0 radical (unpaired) electrons. The largest absolute Gasteiger partial charge is 1.00 e. The molecule has 2 aromatic rings. The molecule has 2 unspecified atom stereocenters. The molecule has 0 spiro atoms. The molecule has 0 fully saturated rings. The van der Waals surface area contributed by atoms with Gasteiger partial charge in [-0.3, -0.25) is 12.2 Å². The molecular weight excluding hydrogens is 478 g/mol. The van der Waals surface area contributed by atoms with Crippen LogP contribution in [0.25, 0.3) is 12.2 Å². The van der Waals surface area contributed by atoms with E-state index in [4.69, 9.17) is 0 Å². The van der Waals surface area contributed by atoms with Gasteiger partial charge in [-0.25, -0.2) is 12.2 Å². The van der Waals surface area contributed by atoms with Gasteiger partial charge in [-0.05, 0) is 0 Å². The van der Waals surface area contributed by atoms with Crippen LogP contribution in [0.5, 0.6) is 0 Å². The third-order valence-electron chi connectivity index (χ3n) is 4.44. The molecule has 0 bridgehead atoms. The van der Waals surface area contributed by atoms with Crippen molar-refractivity contribution in [1.29, 1.82) is 0 Å². The molecule has 2 atom stereocenters. The van der Waals surface area contributed by atoms with E-state index >= 15 is 0 Å². The first-order valence-electron chi connectivity index (χ1n) is 9.44. The molecule has 0 aliphatic heterocycles. The molecule has 4 heteroatoms. The minimum atomic E-state index is 0. The van der Waals surface area contributed by atoms with E-state index in [0.717, 1.165) is 12.8 Å². The van der Waals surface area contributed by atoms with Gasteiger partial charge in [0.25, 0.3) is 0 Å². The summed E-state index contributed by atoms with van der Waals surface area (Å²) in [7, 11) is 0. The summed E-state index contributed by atoms with van der Waals surface area (Å²) in [5.74, 6) is 1.09. The van der Waals surface area contributed by atoms with Crippen molar-refractivity contribution in [2.75, 3.05) is 0 Å². The Morgan fingerprint density at radius 1 is 0.750 bits per heavy atom. The van der Waals surface area contributed by atoms with E-state index in [1.54, 1.807) is 23.3 Å². The summed E-state index contributed by atoms with van der Waals surface area (Å²) in [4.78, 5) is 0. The van der Waals surface area contributed by atoms with Gasteiger partial charge in [-0.2, -0.15) is 11.1 Å². The third kappa shape index (κ3) is 8.15. The molecule has 0 saturated heterocycles. The van der Waals surface area contributed by atoms with Gasteiger partial charge >= 0.3 is 41.9 Å². The van der Waals surface area contributed by atoms with Crippen molar-refractivity contribution >= 4 is 17.6 Å². The van der Waals surface area contributed by atoms with Crippen LogP contribution in [0, 0.1) is 12.2 Å². The minimum Gasteiger partial charge on any atom is -1.00 e. The second kappa shape index (κ2) is 14.6. The number of hydrogen-bond acceptors (Lipinski definition) is 0. The Bertz CT molecular complexity index is 733.